The van der Waals surface area contributed by atoms with Crippen molar-refractivity contribution in [2.24, 2.45) is 0 Å². The fourth-order valence-corrected chi connectivity index (χ4v) is 3.20. The van der Waals surface area contributed by atoms with Gasteiger partial charge in [0.1, 0.15) is 0 Å². The summed E-state index contributed by atoms with van der Waals surface area (Å²) in [7, 11) is 0. The van der Waals surface area contributed by atoms with Crippen LogP contribution in [0.4, 0.5) is 0 Å². The number of rotatable bonds is 3. The topological polar surface area (TPSA) is 0 Å². The van der Waals surface area contributed by atoms with E-state index >= 15 is 0 Å². The van der Waals surface area contributed by atoms with Crippen molar-refractivity contribution in [1.82, 2.24) is 0 Å². The molecule has 0 aromatic heterocycles. The Bertz CT molecular complexity index is 486. The van der Waals surface area contributed by atoms with Gasteiger partial charge >= 0.3 is 120 Å². The SMILES string of the molecule is Cc1ccccc1C[C](C)([Po])c1ccccc1. The molecular formula is C16H17Po. The maximum atomic E-state index is 2.35. The van der Waals surface area contributed by atoms with Crippen LogP contribution in [-0.2, 0) is 9.49 Å². The van der Waals surface area contributed by atoms with Gasteiger partial charge in [0.25, 0.3) is 0 Å². The van der Waals surface area contributed by atoms with Gasteiger partial charge in [-0.3, -0.25) is 0 Å². The molecule has 0 amide bonds. The maximum absolute atomic E-state index is 2.35. The fourth-order valence-electron chi connectivity index (χ4n) is 2.06. The molecule has 1 radical (unpaired) electrons. The molecule has 2 rings (SSSR count). The molecule has 87 valence electrons. The van der Waals surface area contributed by atoms with Gasteiger partial charge in [0, 0.05) is 0 Å². The zero-order chi connectivity index (χ0) is 12.3. The van der Waals surface area contributed by atoms with Crippen LogP contribution in [0.5, 0.6) is 0 Å². The second kappa shape index (κ2) is 5.32. The van der Waals surface area contributed by atoms with Crippen molar-refractivity contribution in [3.8, 4) is 0 Å². The Labute approximate surface area is 119 Å². The van der Waals surface area contributed by atoms with E-state index in [0.29, 0.717) is 0 Å². The van der Waals surface area contributed by atoms with Crippen LogP contribution < -0.4 is 0 Å². The molecule has 0 spiro atoms. The molecule has 0 heterocycles. The quantitative estimate of drug-likeness (QED) is 0.715. The first-order valence-electron chi connectivity index (χ1n) is 5.90. The van der Waals surface area contributed by atoms with E-state index in [0.717, 1.165) is 6.42 Å². The summed E-state index contributed by atoms with van der Waals surface area (Å²) in [6.45, 7) is 4.55. The van der Waals surface area contributed by atoms with Gasteiger partial charge in [-0.1, -0.05) is 0 Å². The monoisotopic (exact) mass is 418 g/mol. The van der Waals surface area contributed by atoms with Crippen LogP contribution in [0.1, 0.15) is 23.6 Å². The van der Waals surface area contributed by atoms with Crippen LogP contribution in [0.3, 0.4) is 0 Å². The summed E-state index contributed by atoms with van der Waals surface area (Å²) in [5.41, 5.74) is 4.31. The Kier molecular flexibility index (Phi) is 4.00. The first-order chi connectivity index (χ1) is 8.09. The van der Waals surface area contributed by atoms with Crippen LogP contribution in [0.15, 0.2) is 54.6 Å². The molecule has 0 aliphatic rings. The third-order valence-corrected chi connectivity index (χ3v) is 4.65. The summed E-state index contributed by atoms with van der Waals surface area (Å²) >= 11 is 1.63. The normalized spacial score (nSPS) is 14.3. The fraction of sp³-hybridized carbons (Fsp3) is 0.250. The van der Waals surface area contributed by atoms with Crippen LogP contribution in [0.25, 0.3) is 0 Å². The number of hydrogen-bond acceptors (Lipinski definition) is 0. The van der Waals surface area contributed by atoms with E-state index in [-0.39, 0.29) is 3.07 Å². The van der Waals surface area contributed by atoms with Gasteiger partial charge in [-0.2, -0.15) is 0 Å². The van der Waals surface area contributed by atoms with Crippen molar-refractivity contribution >= 4 is 25.1 Å². The minimum atomic E-state index is 0.271. The van der Waals surface area contributed by atoms with Crippen molar-refractivity contribution in [1.29, 1.82) is 0 Å². The number of benzene rings is 2. The Hall–Kier alpha value is -0.664. The average Bonchev–Trinajstić information content (AvgIpc) is 2.33. The third kappa shape index (κ3) is 3.17. The first-order valence-corrected chi connectivity index (χ1v) is 7.49. The van der Waals surface area contributed by atoms with Crippen LogP contribution in [-0.4, -0.2) is 25.1 Å². The molecule has 0 fully saturated rings. The zero-order valence-electron chi connectivity index (χ0n) is 10.3. The van der Waals surface area contributed by atoms with Crippen molar-refractivity contribution in [3.63, 3.8) is 0 Å². The molecule has 2 aromatic carbocycles. The molecule has 0 bridgehead atoms. The van der Waals surface area contributed by atoms with Crippen molar-refractivity contribution in [2.45, 2.75) is 23.3 Å². The van der Waals surface area contributed by atoms with E-state index in [4.69, 9.17) is 0 Å². The predicted molar refractivity (Wildman–Crippen MR) is 74.4 cm³/mol. The molecule has 0 saturated heterocycles. The Morgan fingerprint density at radius 2 is 1.53 bits per heavy atom. The Balaban J connectivity index is 2.27. The van der Waals surface area contributed by atoms with E-state index in [1.54, 1.807) is 25.1 Å². The average molecular weight is 418 g/mol. The van der Waals surface area contributed by atoms with Gasteiger partial charge in [0.2, 0.25) is 0 Å². The molecule has 0 aliphatic heterocycles. The van der Waals surface area contributed by atoms with E-state index < -0.39 is 0 Å². The van der Waals surface area contributed by atoms with Crippen molar-refractivity contribution in [2.75, 3.05) is 0 Å². The van der Waals surface area contributed by atoms with E-state index in [9.17, 15) is 0 Å². The first kappa shape index (κ1) is 12.8. The molecule has 0 saturated carbocycles. The Morgan fingerprint density at radius 1 is 0.941 bits per heavy atom. The summed E-state index contributed by atoms with van der Waals surface area (Å²) in [4.78, 5) is 0. The molecule has 0 N–H and O–H groups in total. The number of hydrogen-bond donors (Lipinski definition) is 0. The van der Waals surface area contributed by atoms with Gasteiger partial charge in [0.05, 0.1) is 0 Å². The van der Waals surface area contributed by atoms with Gasteiger partial charge in [-0.25, -0.2) is 0 Å². The molecule has 0 aliphatic carbocycles. The summed E-state index contributed by atoms with van der Waals surface area (Å²) in [6, 6.07) is 19.5. The molecule has 1 unspecified atom stereocenters. The van der Waals surface area contributed by atoms with E-state index in [1.807, 2.05) is 0 Å². The zero-order valence-corrected chi connectivity index (χ0v) is 13.5. The van der Waals surface area contributed by atoms with Gasteiger partial charge in [-0.05, 0) is 0 Å². The molecule has 1 heteroatoms. The summed E-state index contributed by atoms with van der Waals surface area (Å²) < 4.78 is 0.271. The number of aryl methyl sites for hydroxylation is 1. The van der Waals surface area contributed by atoms with Gasteiger partial charge in [-0.15, -0.1) is 0 Å². The molecule has 0 nitrogen and oxygen atoms in total. The second-order valence-corrected chi connectivity index (χ2v) is 8.20. The second-order valence-electron chi connectivity index (χ2n) is 4.70. The Morgan fingerprint density at radius 3 is 2.18 bits per heavy atom. The summed E-state index contributed by atoms with van der Waals surface area (Å²) in [6.07, 6.45) is 1.12. The molecule has 1 atom stereocenters. The van der Waals surface area contributed by atoms with Crippen LogP contribution in [0, 0.1) is 6.92 Å². The standard InChI is InChI=1S/C16H17.Po/c1-13-8-6-7-11-16(13)12-14(2)15-9-4-3-5-10-15;/h3-11H,12H2,1-2H3;. The van der Waals surface area contributed by atoms with Crippen molar-refractivity contribution in [3.05, 3.63) is 71.3 Å². The molecular weight excluding hydrogens is 401 g/mol. The molecule has 17 heavy (non-hydrogen) atoms. The van der Waals surface area contributed by atoms with E-state index in [1.165, 1.54) is 16.7 Å². The van der Waals surface area contributed by atoms with Crippen LogP contribution in [0.2, 0.25) is 0 Å². The molecule has 2 aromatic rings. The van der Waals surface area contributed by atoms with Crippen LogP contribution >= 0.6 is 0 Å². The summed E-state index contributed by atoms with van der Waals surface area (Å²) in [5.74, 6) is 0. The van der Waals surface area contributed by atoms with Gasteiger partial charge < -0.3 is 0 Å². The minimum absolute atomic E-state index is 0.271. The predicted octanol–water partition coefficient (Wildman–Crippen LogP) is 3.62. The van der Waals surface area contributed by atoms with E-state index in [2.05, 4.69) is 68.4 Å². The van der Waals surface area contributed by atoms with Crippen molar-refractivity contribution < 1.29 is 0 Å². The third-order valence-electron chi connectivity index (χ3n) is 3.17. The van der Waals surface area contributed by atoms with Gasteiger partial charge in [0.15, 0.2) is 0 Å². The summed E-state index contributed by atoms with van der Waals surface area (Å²) in [5, 5.41) is 0.